The summed E-state index contributed by atoms with van der Waals surface area (Å²) in [5.41, 5.74) is 5.44. The van der Waals surface area contributed by atoms with Crippen molar-refractivity contribution in [3.8, 4) is 11.3 Å². The highest BCUT2D eigenvalue weighted by molar-refractivity contribution is 6.04. The molecule has 0 aliphatic carbocycles. The lowest BCUT2D eigenvalue weighted by Gasteiger charge is -2.22. The van der Waals surface area contributed by atoms with E-state index < -0.39 is 0 Å². The maximum Gasteiger partial charge on any atom is 0.255 e. The first-order valence-electron chi connectivity index (χ1n) is 12.6. The number of piperidine rings is 1. The second-order valence-corrected chi connectivity index (χ2v) is 9.25. The van der Waals surface area contributed by atoms with Crippen LogP contribution in [-0.2, 0) is 0 Å². The minimum Gasteiger partial charge on any atom is -0.384 e. The van der Waals surface area contributed by atoms with E-state index in [2.05, 4.69) is 40.2 Å². The molecule has 0 spiro atoms. The van der Waals surface area contributed by atoms with Crippen LogP contribution in [0.15, 0.2) is 84.9 Å². The molecule has 3 N–H and O–H groups in total. The average Bonchev–Trinajstić information content (AvgIpc) is 2.92. The van der Waals surface area contributed by atoms with Crippen LogP contribution in [0.3, 0.4) is 0 Å². The summed E-state index contributed by atoms with van der Waals surface area (Å²) < 4.78 is 0. The Hall–Kier alpha value is -3.70. The number of para-hydroxylation sites is 1. The molecule has 0 bridgehead atoms. The number of hydrogen-bond donors (Lipinski definition) is 3. The average molecular weight is 465 g/mol. The highest BCUT2D eigenvalue weighted by Gasteiger charge is 2.13. The number of pyridine rings is 1. The van der Waals surface area contributed by atoms with Crippen molar-refractivity contribution >= 4 is 28.2 Å². The third kappa shape index (κ3) is 5.87. The van der Waals surface area contributed by atoms with E-state index in [9.17, 15) is 4.79 Å². The largest absolute Gasteiger partial charge is 0.384 e. The molecule has 1 aliphatic rings. The molecule has 1 unspecified atom stereocenters. The van der Waals surface area contributed by atoms with Gasteiger partial charge in [-0.3, -0.25) is 4.79 Å². The molecular formula is C30H32N4O. The predicted molar refractivity (Wildman–Crippen MR) is 145 cm³/mol. The Morgan fingerprint density at radius 1 is 0.971 bits per heavy atom. The SMILES string of the molecule is O=C(Nc1ccc(-c2cc(NCCCC3CCCNC3)c3ccccc3n2)cc1)c1ccccc1. The van der Waals surface area contributed by atoms with E-state index in [4.69, 9.17) is 4.98 Å². The minimum atomic E-state index is -0.113. The van der Waals surface area contributed by atoms with E-state index in [0.29, 0.717) is 5.56 Å². The number of hydrogen-bond acceptors (Lipinski definition) is 4. The maximum atomic E-state index is 12.5. The van der Waals surface area contributed by atoms with Gasteiger partial charge >= 0.3 is 0 Å². The van der Waals surface area contributed by atoms with Crippen LogP contribution in [0.2, 0.25) is 0 Å². The van der Waals surface area contributed by atoms with Crippen molar-refractivity contribution in [1.29, 1.82) is 0 Å². The summed E-state index contributed by atoms with van der Waals surface area (Å²) >= 11 is 0. The molecule has 1 fully saturated rings. The van der Waals surface area contributed by atoms with Crippen molar-refractivity contribution in [2.24, 2.45) is 5.92 Å². The fourth-order valence-corrected chi connectivity index (χ4v) is 4.77. The zero-order chi connectivity index (χ0) is 23.9. The van der Waals surface area contributed by atoms with E-state index in [1.54, 1.807) is 0 Å². The molecule has 5 rings (SSSR count). The molecule has 1 aromatic heterocycles. The zero-order valence-electron chi connectivity index (χ0n) is 20.0. The number of carbonyl (C=O) groups excluding carboxylic acids is 1. The lowest BCUT2D eigenvalue weighted by molar-refractivity contribution is 0.102. The van der Waals surface area contributed by atoms with Gasteiger partial charge in [-0.25, -0.2) is 4.98 Å². The Morgan fingerprint density at radius 2 is 1.77 bits per heavy atom. The topological polar surface area (TPSA) is 66.1 Å². The Bertz CT molecular complexity index is 1260. The first kappa shape index (κ1) is 23.1. The standard InChI is InChI=1S/C30H32N4O/c35-30(24-10-2-1-3-11-24)33-25-16-14-23(15-17-25)28-20-29(26-12-4-5-13-27(26)34-28)32-19-7-9-22-8-6-18-31-21-22/h1-5,10-17,20,22,31H,6-9,18-19,21H2,(H,32,34)(H,33,35). The quantitative estimate of drug-likeness (QED) is 0.266. The van der Waals surface area contributed by atoms with Gasteiger partial charge in [0.25, 0.3) is 5.91 Å². The van der Waals surface area contributed by atoms with Gasteiger partial charge in [0.2, 0.25) is 0 Å². The van der Waals surface area contributed by atoms with Crippen LogP contribution < -0.4 is 16.0 Å². The molecule has 3 aromatic carbocycles. The highest BCUT2D eigenvalue weighted by Crippen LogP contribution is 2.29. The van der Waals surface area contributed by atoms with Gasteiger partial charge in [-0.05, 0) is 81.1 Å². The number of amides is 1. The number of anilines is 2. The van der Waals surface area contributed by atoms with E-state index in [-0.39, 0.29) is 5.91 Å². The van der Waals surface area contributed by atoms with Gasteiger partial charge in [0, 0.05) is 34.4 Å². The molecule has 1 aliphatic heterocycles. The molecule has 2 heterocycles. The number of benzene rings is 3. The van der Waals surface area contributed by atoms with Crippen molar-refractivity contribution in [3.63, 3.8) is 0 Å². The van der Waals surface area contributed by atoms with Crippen LogP contribution in [-0.4, -0.2) is 30.5 Å². The summed E-state index contributed by atoms with van der Waals surface area (Å²) in [6.07, 6.45) is 5.06. The van der Waals surface area contributed by atoms with Gasteiger partial charge in [0.1, 0.15) is 0 Å². The number of nitrogens with zero attached hydrogens (tertiary/aromatic N) is 1. The third-order valence-electron chi connectivity index (χ3n) is 6.69. The first-order valence-corrected chi connectivity index (χ1v) is 12.6. The predicted octanol–water partition coefficient (Wildman–Crippen LogP) is 6.35. The molecule has 178 valence electrons. The van der Waals surface area contributed by atoms with Gasteiger partial charge in [-0.2, -0.15) is 0 Å². The summed E-state index contributed by atoms with van der Waals surface area (Å²) in [4.78, 5) is 17.4. The van der Waals surface area contributed by atoms with Crippen LogP contribution in [0, 0.1) is 5.92 Å². The van der Waals surface area contributed by atoms with Crippen LogP contribution in [0.5, 0.6) is 0 Å². The van der Waals surface area contributed by atoms with Crippen LogP contribution in [0.1, 0.15) is 36.0 Å². The fourth-order valence-electron chi connectivity index (χ4n) is 4.77. The van der Waals surface area contributed by atoms with Gasteiger partial charge in [0.05, 0.1) is 11.2 Å². The van der Waals surface area contributed by atoms with Crippen LogP contribution >= 0.6 is 0 Å². The summed E-state index contributed by atoms with van der Waals surface area (Å²) in [5, 5.41) is 11.3. The Morgan fingerprint density at radius 3 is 2.57 bits per heavy atom. The minimum absolute atomic E-state index is 0.113. The number of nitrogens with one attached hydrogen (secondary N) is 3. The summed E-state index contributed by atoms with van der Waals surface area (Å²) in [7, 11) is 0. The van der Waals surface area contributed by atoms with Crippen molar-refractivity contribution in [2.75, 3.05) is 30.3 Å². The molecule has 1 amide bonds. The normalized spacial score (nSPS) is 15.6. The lowest BCUT2D eigenvalue weighted by atomic mass is 9.95. The van der Waals surface area contributed by atoms with E-state index in [0.717, 1.165) is 59.0 Å². The van der Waals surface area contributed by atoms with E-state index >= 15 is 0 Å². The first-order chi connectivity index (χ1) is 17.3. The molecule has 1 atom stereocenters. The maximum absolute atomic E-state index is 12.5. The third-order valence-corrected chi connectivity index (χ3v) is 6.69. The molecule has 0 saturated carbocycles. The number of carbonyl (C=O) groups is 1. The van der Waals surface area contributed by atoms with Crippen molar-refractivity contribution in [2.45, 2.75) is 25.7 Å². The van der Waals surface area contributed by atoms with Crippen molar-refractivity contribution < 1.29 is 4.79 Å². The fraction of sp³-hybridized carbons (Fsp3) is 0.267. The van der Waals surface area contributed by atoms with Crippen molar-refractivity contribution in [1.82, 2.24) is 10.3 Å². The Labute approximate surface area is 207 Å². The summed E-state index contributed by atoms with van der Waals surface area (Å²) in [6.45, 7) is 3.28. The summed E-state index contributed by atoms with van der Waals surface area (Å²) in [6, 6.07) is 27.5. The number of rotatable bonds is 8. The lowest BCUT2D eigenvalue weighted by Crippen LogP contribution is -2.29. The van der Waals surface area contributed by atoms with Crippen molar-refractivity contribution in [3.05, 3.63) is 90.5 Å². The zero-order valence-corrected chi connectivity index (χ0v) is 20.0. The summed E-state index contributed by atoms with van der Waals surface area (Å²) in [5.74, 6) is 0.689. The molecule has 1 saturated heterocycles. The smallest absolute Gasteiger partial charge is 0.255 e. The second-order valence-electron chi connectivity index (χ2n) is 9.25. The van der Waals surface area contributed by atoms with E-state index in [1.165, 1.54) is 25.8 Å². The van der Waals surface area contributed by atoms with Gasteiger partial charge in [-0.1, -0.05) is 48.5 Å². The molecule has 0 radical (unpaired) electrons. The number of fused-ring (bicyclic) bond motifs is 1. The van der Waals surface area contributed by atoms with Gasteiger partial charge in [0.15, 0.2) is 0 Å². The Balaban J connectivity index is 1.29. The van der Waals surface area contributed by atoms with Gasteiger partial charge < -0.3 is 16.0 Å². The molecule has 5 heteroatoms. The van der Waals surface area contributed by atoms with E-state index in [1.807, 2.05) is 60.7 Å². The van der Waals surface area contributed by atoms with Crippen LogP contribution in [0.25, 0.3) is 22.2 Å². The molecule has 5 nitrogen and oxygen atoms in total. The van der Waals surface area contributed by atoms with Crippen LogP contribution in [0.4, 0.5) is 11.4 Å². The monoisotopic (exact) mass is 464 g/mol. The highest BCUT2D eigenvalue weighted by atomic mass is 16.1. The molecule has 35 heavy (non-hydrogen) atoms. The molecular weight excluding hydrogens is 432 g/mol. The molecule has 4 aromatic rings. The second kappa shape index (κ2) is 11.2. The number of aromatic nitrogens is 1. The van der Waals surface area contributed by atoms with Gasteiger partial charge in [-0.15, -0.1) is 0 Å². The Kier molecular flexibility index (Phi) is 7.35.